The summed E-state index contributed by atoms with van der Waals surface area (Å²) in [6, 6.07) is 6.97. The fourth-order valence-corrected chi connectivity index (χ4v) is 3.02. The van der Waals surface area contributed by atoms with Crippen LogP contribution in [0.5, 0.6) is 0 Å². The average molecular weight is 187 g/mol. The average Bonchev–Trinajstić information content (AvgIpc) is 2.93. The van der Waals surface area contributed by atoms with E-state index in [9.17, 15) is 0 Å². The number of fused-ring (bicyclic) bond motifs is 2. The Balaban J connectivity index is 2.21. The number of benzene rings is 1. The molecule has 2 aliphatic carbocycles. The van der Waals surface area contributed by atoms with Gasteiger partial charge in [0.25, 0.3) is 0 Å². The summed E-state index contributed by atoms with van der Waals surface area (Å²) in [7, 11) is 0. The van der Waals surface area contributed by atoms with Crippen LogP contribution in [0, 0.1) is 6.92 Å². The van der Waals surface area contributed by atoms with E-state index in [1.807, 2.05) is 0 Å². The van der Waals surface area contributed by atoms with Crippen molar-refractivity contribution in [3.05, 3.63) is 34.9 Å². The third kappa shape index (κ3) is 0.992. The molecule has 0 bridgehead atoms. The third-order valence-electron chi connectivity index (χ3n) is 4.05. The number of rotatable bonds is 0. The van der Waals surface area contributed by atoms with E-state index < -0.39 is 0 Å². The Bertz CT molecular complexity index is 377. The van der Waals surface area contributed by atoms with Crippen molar-refractivity contribution in [2.24, 2.45) is 5.73 Å². The number of hydrogen-bond acceptors (Lipinski definition) is 1. The SMILES string of the molecule is Cc1cccc2c1C(N)CCC21CC1. The van der Waals surface area contributed by atoms with Gasteiger partial charge in [-0.05, 0) is 54.7 Å². The monoisotopic (exact) mass is 187 g/mol. The zero-order chi connectivity index (χ0) is 9.76. The molecule has 2 aliphatic rings. The summed E-state index contributed by atoms with van der Waals surface area (Å²) in [6.45, 7) is 2.19. The van der Waals surface area contributed by atoms with E-state index in [1.165, 1.54) is 36.8 Å². The Kier molecular flexibility index (Phi) is 1.58. The molecular formula is C13H17N. The van der Waals surface area contributed by atoms with Crippen molar-refractivity contribution in [3.63, 3.8) is 0 Å². The lowest BCUT2D eigenvalue weighted by Crippen LogP contribution is -2.25. The van der Waals surface area contributed by atoms with Crippen molar-refractivity contribution in [1.29, 1.82) is 0 Å². The third-order valence-corrected chi connectivity index (χ3v) is 4.05. The van der Waals surface area contributed by atoms with Crippen LogP contribution in [-0.2, 0) is 5.41 Å². The van der Waals surface area contributed by atoms with Crippen molar-refractivity contribution in [2.75, 3.05) is 0 Å². The molecule has 0 aromatic heterocycles. The summed E-state index contributed by atoms with van der Waals surface area (Å²) >= 11 is 0. The molecule has 1 atom stereocenters. The number of hydrogen-bond donors (Lipinski definition) is 1. The largest absolute Gasteiger partial charge is 0.324 e. The highest BCUT2D eigenvalue weighted by Gasteiger charge is 2.48. The van der Waals surface area contributed by atoms with Gasteiger partial charge in [-0.25, -0.2) is 0 Å². The van der Waals surface area contributed by atoms with Gasteiger partial charge in [-0.3, -0.25) is 0 Å². The smallest absolute Gasteiger partial charge is 0.0300 e. The molecule has 74 valence electrons. The highest BCUT2D eigenvalue weighted by Crippen LogP contribution is 2.57. The molecule has 0 heterocycles. The molecule has 1 spiro atoms. The van der Waals surface area contributed by atoms with Gasteiger partial charge in [0.2, 0.25) is 0 Å². The van der Waals surface area contributed by atoms with Gasteiger partial charge >= 0.3 is 0 Å². The fraction of sp³-hybridized carbons (Fsp3) is 0.538. The van der Waals surface area contributed by atoms with Crippen LogP contribution in [0.25, 0.3) is 0 Å². The molecular weight excluding hydrogens is 170 g/mol. The van der Waals surface area contributed by atoms with Gasteiger partial charge in [0.1, 0.15) is 0 Å². The van der Waals surface area contributed by atoms with Gasteiger partial charge < -0.3 is 5.73 Å². The van der Waals surface area contributed by atoms with E-state index >= 15 is 0 Å². The lowest BCUT2D eigenvalue weighted by molar-refractivity contribution is 0.477. The van der Waals surface area contributed by atoms with Crippen LogP contribution in [0.1, 0.15) is 48.4 Å². The Morgan fingerprint density at radius 1 is 1.29 bits per heavy atom. The van der Waals surface area contributed by atoms with Gasteiger partial charge in [0.15, 0.2) is 0 Å². The van der Waals surface area contributed by atoms with Crippen molar-refractivity contribution in [2.45, 2.75) is 44.1 Å². The number of nitrogens with two attached hydrogens (primary N) is 1. The van der Waals surface area contributed by atoms with Crippen molar-refractivity contribution in [3.8, 4) is 0 Å². The predicted octanol–water partition coefficient (Wildman–Crippen LogP) is 2.82. The van der Waals surface area contributed by atoms with E-state index in [-0.39, 0.29) is 6.04 Å². The lowest BCUT2D eigenvalue weighted by Gasteiger charge is -2.31. The van der Waals surface area contributed by atoms with E-state index in [1.54, 1.807) is 5.56 Å². The maximum Gasteiger partial charge on any atom is 0.0300 e. The van der Waals surface area contributed by atoms with Crippen LogP contribution in [0.4, 0.5) is 0 Å². The molecule has 1 heteroatoms. The second-order valence-electron chi connectivity index (χ2n) is 4.96. The minimum Gasteiger partial charge on any atom is -0.324 e. The zero-order valence-electron chi connectivity index (χ0n) is 8.72. The summed E-state index contributed by atoms with van der Waals surface area (Å²) in [5.41, 5.74) is 11.2. The second kappa shape index (κ2) is 2.60. The van der Waals surface area contributed by atoms with Gasteiger partial charge in [0, 0.05) is 6.04 Å². The van der Waals surface area contributed by atoms with E-state index in [4.69, 9.17) is 5.73 Å². The first kappa shape index (κ1) is 8.49. The standard InChI is InChI=1S/C13H17N/c1-9-3-2-4-10-12(9)11(14)5-6-13(10)7-8-13/h2-4,11H,5-8,14H2,1H3. The van der Waals surface area contributed by atoms with Crippen molar-refractivity contribution < 1.29 is 0 Å². The lowest BCUT2D eigenvalue weighted by atomic mass is 9.76. The Morgan fingerprint density at radius 2 is 2.07 bits per heavy atom. The van der Waals surface area contributed by atoms with Gasteiger partial charge in [0.05, 0.1) is 0 Å². The highest BCUT2D eigenvalue weighted by atomic mass is 14.7. The van der Waals surface area contributed by atoms with Gasteiger partial charge in [-0.1, -0.05) is 18.2 Å². The summed E-state index contributed by atoms with van der Waals surface area (Å²) < 4.78 is 0. The van der Waals surface area contributed by atoms with Gasteiger partial charge in [-0.2, -0.15) is 0 Å². The molecule has 1 unspecified atom stereocenters. The van der Waals surface area contributed by atoms with Crippen LogP contribution in [0.3, 0.4) is 0 Å². The second-order valence-corrected chi connectivity index (χ2v) is 4.96. The predicted molar refractivity (Wildman–Crippen MR) is 58.3 cm³/mol. The van der Waals surface area contributed by atoms with Crippen molar-refractivity contribution >= 4 is 0 Å². The molecule has 2 N–H and O–H groups in total. The normalized spacial score (nSPS) is 27.4. The molecule has 1 aromatic carbocycles. The molecule has 0 radical (unpaired) electrons. The van der Waals surface area contributed by atoms with E-state index in [0.717, 1.165) is 0 Å². The Hall–Kier alpha value is -0.820. The minimum atomic E-state index is 0.289. The first-order chi connectivity index (χ1) is 6.73. The molecule has 14 heavy (non-hydrogen) atoms. The first-order valence-electron chi connectivity index (χ1n) is 5.58. The quantitative estimate of drug-likeness (QED) is 0.664. The molecule has 1 nitrogen and oxygen atoms in total. The van der Waals surface area contributed by atoms with Crippen LogP contribution in [0.2, 0.25) is 0 Å². The van der Waals surface area contributed by atoms with E-state index in [0.29, 0.717) is 5.41 Å². The fourth-order valence-electron chi connectivity index (χ4n) is 3.02. The first-order valence-corrected chi connectivity index (χ1v) is 5.58. The molecule has 1 fully saturated rings. The highest BCUT2D eigenvalue weighted by molar-refractivity contribution is 5.46. The molecule has 0 saturated heterocycles. The minimum absolute atomic E-state index is 0.289. The van der Waals surface area contributed by atoms with Crippen LogP contribution < -0.4 is 5.73 Å². The van der Waals surface area contributed by atoms with Crippen LogP contribution in [0.15, 0.2) is 18.2 Å². The summed E-state index contributed by atoms with van der Waals surface area (Å²) in [4.78, 5) is 0. The summed E-state index contributed by atoms with van der Waals surface area (Å²) in [6.07, 6.45) is 5.26. The number of aryl methyl sites for hydroxylation is 1. The maximum absolute atomic E-state index is 6.20. The Morgan fingerprint density at radius 3 is 2.79 bits per heavy atom. The summed E-state index contributed by atoms with van der Waals surface area (Å²) in [5, 5.41) is 0. The molecule has 0 aliphatic heterocycles. The molecule has 3 rings (SSSR count). The van der Waals surface area contributed by atoms with Gasteiger partial charge in [-0.15, -0.1) is 0 Å². The maximum atomic E-state index is 6.20. The Labute approximate surface area is 85.3 Å². The topological polar surface area (TPSA) is 26.0 Å². The summed E-state index contributed by atoms with van der Waals surface area (Å²) in [5.74, 6) is 0. The van der Waals surface area contributed by atoms with Crippen LogP contribution >= 0.6 is 0 Å². The molecule has 0 amide bonds. The van der Waals surface area contributed by atoms with E-state index in [2.05, 4.69) is 25.1 Å². The zero-order valence-corrected chi connectivity index (χ0v) is 8.72. The van der Waals surface area contributed by atoms with Crippen molar-refractivity contribution in [1.82, 2.24) is 0 Å². The molecule has 1 saturated carbocycles. The van der Waals surface area contributed by atoms with Crippen LogP contribution in [-0.4, -0.2) is 0 Å². The molecule has 1 aromatic rings.